The van der Waals surface area contributed by atoms with Crippen LogP contribution in [0.15, 0.2) is 12.1 Å². The van der Waals surface area contributed by atoms with Crippen molar-refractivity contribution in [3.8, 4) is 12.1 Å². The van der Waals surface area contributed by atoms with Gasteiger partial charge in [0, 0.05) is 0 Å². The maximum atomic E-state index is 13.4. The van der Waals surface area contributed by atoms with Crippen molar-refractivity contribution in [1.29, 1.82) is 10.5 Å². The van der Waals surface area contributed by atoms with Crippen LogP contribution in [0.3, 0.4) is 0 Å². The molecular weight excluding hydrogens is 251 g/mol. The van der Waals surface area contributed by atoms with Crippen LogP contribution in [-0.4, -0.2) is 0 Å². The average molecular weight is 276 g/mol. The van der Waals surface area contributed by atoms with Crippen molar-refractivity contribution in [3.63, 3.8) is 0 Å². The molecule has 0 saturated carbocycles. The van der Waals surface area contributed by atoms with Gasteiger partial charge in [-0.25, -0.2) is 4.39 Å². The highest BCUT2D eigenvalue weighted by atomic mass is 19.1. The van der Waals surface area contributed by atoms with Crippen molar-refractivity contribution in [1.82, 2.24) is 0 Å². The van der Waals surface area contributed by atoms with Crippen LogP contribution in [-0.2, 0) is 6.42 Å². The molecule has 110 valence electrons. The third-order valence-electron chi connectivity index (χ3n) is 2.11. The molecule has 0 radical (unpaired) electrons. The Hall–Kier alpha value is -1.87. The van der Waals surface area contributed by atoms with Crippen molar-refractivity contribution in [3.05, 3.63) is 34.6 Å². The minimum atomic E-state index is -0.720. The molecule has 0 aliphatic rings. The van der Waals surface area contributed by atoms with Gasteiger partial charge in [-0.15, -0.1) is 0 Å². The van der Waals surface area contributed by atoms with Crippen molar-refractivity contribution >= 4 is 0 Å². The fourth-order valence-electron chi connectivity index (χ4n) is 1.56. The van der Waals surface area contributed by atoms with Gasteiger partial charge in [-0.1, -0.05) is 48.5 Å². The van der Waals surface area contributed by atoms with E-state index in [-0.39, 0.29) is 16.5 Å². The Labute approximate surface area is 122 Å². The van der Waals surface area contributed by atoms with Crippen molar-refractivity contribution in [2.45, 2.75) is 54.9 Å². The van der Waals surface area contributed by atoms with Gasteiger partial charge in [-0.2, -0.15) is 10.5 Å². The molecular formula is C17H25FN2. The summed E-state index contributed by atoms with van der Waals surface area (Å²) >= 11 is 0. The second-order valence-corrected chi connectivity index (χ2v) is 4.97. The molecule has 0 heterocycles. The van der Waals surface area contributed by atoms with E-state index < -0.39 is 5.82 Å². The highest BCUT2D eigenvalue weighted by Gasteiger charge is 2.15. The molecule has 0 bridgehead atoms. The van der Waals surface area contributed by atoms with E-state index >= 15 is 0 Å². The lowest BCUT2D eigenvalue weighted by atomic mass is 9.87. The Balaban J connectivity index is 0. The first-order valence-corrected chi connectivity index (χ1v) is 7.00. The van der Waals surface area contributed by atoms with E-state index in [0.717, 1.165) is 5.56 Å². The van der Waals surface area contributed by atoms with E-state index in [1.165, 1.54) is 12.1 Å². The summed E-state index contributed by atoms with van der Waals surface area (Å²) in [5, 5.41) is 17.5. The van der Waals surface area contributed by atoms with Gasteiger partial charge < -0.3 is 0 Å². The smallest absolute Gasteiger partial charge is 0.158 e. The first-order valence-electron chi connectivity index (χ1n) is 7.00. The largest absolute Gasteiger partial charge is 0.204 e. The van der Waals surface area contributed by atoms with Gasteiger partial charge in [-0.3, -0.25) is 0 Å². The number of rotatable bonds is 1. The lowest BCUT2D eigenvalue weighted by Gasteiger charge is -2.18. The van der Waals surface area contributed by atoms with Crippen LogP contribution in [0.2, 0.25) is 0 Å². The Kier molecular flexibility index (Phi) is 10.2. The normalized spacial score (nSPS) is 9.10. The van der Waals surface area contributed by atoms with Gasteiger partial charge in [0.1, 0.15) is 12.1 Å². The van der Waals surface area contributed by atoms with Crippen LogP contribution in [0.25, 0.3) is 0 Å². The lowest BCUT2D eigenvalue weighted by molar-refractivity contribution is 0.411. The van der Waals surface area contributed by atoms with E-state index in [4.69, 9.17) is 10.5 Å². The molecule has 0 aliphatic carbocycles. The zero-order valence-electron chi connectivity index (χ0n) is 13.6. The fraction of sp³-hybridized carbons (Fsp3) is 0.529. The zero-order chi connectivity index (χ0) is 16.3. The highest BCUT2D eigenvalue weighted by molar-refractivity contribution is 5.44. The molecule has 0 N–H and O–H groups in total. The topological polar surface area (TPSA) is 47.6 Å². The number of halogens is 1. The van der Waals surface area contributed by atoms with Crippen LogP contribution in [0.5, 0.6) is 0 Å². The van der Waals surface area contributed by atoms with Gasteiger partial charge in [0.25, 0.3) is 0 Å². The summed E-state index contributed by atoms with van der Waals surface area (Å²) < 4.78 is 13.4. The predicted molar refractivity (Wildman–Crippen MR) is 81.7 cm³/mol. The van der Waals surface area contributed by atoms with Crippen LogP contribution in [0.1, 0.15) is 65.2 Å². The Morgan fingerprint density at radius 1 is 0.950 bits per heavy atom. The van der Waals surface area contributed by atoms with Crippen LogP contribution < -0.4 is 0 Å². The van der Waals surface area contributed by atoms with E-state index in [9.17, 15) is 4.39 Å². The Morgan fingerprint density at radius 2 is 1.30 bits per heavy atom. The molecule has 0 saturated heterocycles. The SMILES string of the molecule is CC.CC.CC(C)(C)Cc1cc(C#N)c(F)c(C#N)c1. The molecule has 0 aromatic heterocycles. The number of benzene rings is 1. The lowest BCUT2D eigenvalue weighted by Crippen LogP contribution is -2.10. The molecule has 2 nitrogen and oxygen atoms in total. The monoisotopic (exact) mass is 276 g/mol. The first kappa shape index (κ1) is 20.4. The number of nitriles is 2. The van der Waals surface area contributed by atoms with E-state index in [2.05, 4.69) is 20.8 Å². The van der Waals surface area contributed by atoms with Gasteiger partial charge in [0.15, 0.2) is 5.82 Å². The molecule has 0 fully saturated rings. The van der Waals surface area contributed by atoms with Gasteiger partial charge in [0.05, 0.1) is 11.1 Å². The molecule has 1 rings (SSSR count). The standard InChI is InChI=1S/C13H13FN2.2C2H6/c1-13(2,3)6-9-4-10(7-15)12(14)11(5-9)8-16;2*1-2/h4-5H,6H2,1-3H3;2*1-2H3. The van der Waals surface area contributed by atoms with Gasteiger partial charge in [-0.05, 0) is 29.5 Å². The number of hydrogen-bond acceptors (Lipinski definition) is 2. The molecule has 0 spiro atoms. The second-order valence-electron chi connectivity index (χ2n) is 4.97. The molecule has 0 amide bonds. The number of nitrogens with zero attached hydrogens (tertiary/aromatic N) is 2. The van der Waals surface area contributed by atoms with Crippen molar-refractivity contribution in [2.75, 3.05) is 0 Å². The molecule has 20 heavy (non-hydrogen) atoms. The van der Waals surface area contributed by atoms with Crippen LogP contribution >= 0.6 is 0 Å². The summed E-state index contributed by atoms with van der Waals surface area (Å²) in [5.74, 6) is -0.720. The summed E-state index contributed by atoms with van der Waals surface area (Å²) in [5.41, 5.74) is 0.746. The maximum absolute atomic E-state index is 13.4. The maximum Gasteiger partial charge on any atom is 0.158 e. The molecule has 1 aromatic carbocycles. The molecule has 1 aromatic rings. The third kappa shape index (κ3) is 6.90. The average Bonchev–Trinajstić information content (AvgIpc) is 2.43. The van der Waals surface area contributed by atoms with Crippen molar-refractivity contribution in [2.24, 2.45) is 5.41 Å². The van der Waals surface area contributed by atoms with E-state index in [0.29, 0.717) is 6.42 Å². The highest BCUT2D eigenvalue weighted by Crippen LogP contribution is 2.23. The summed E-state index contributed by atoms with van der Waals surface area (Å²) in [6.07, 6.45) is 0.705. The Bertz CT molecular complexity index is 450. The second kappa shape index (κ2) is 9.98. The quantitative estimate of drug-likeness (QED) is 0.706. The first-order chi connectivity index (χ1) is 9.37. The summed E-state index contributed by atoms with van der Waals surface area (Å²) in [7, 11) is 0. The van der Waals surface area contributed by atoms with Gasteiger partial charge >= 0.3 is 0 Å². The minimum Gasteiger partial charge on any atom is -0.204 e. The van der Waals surface area contributed by atoms with E-state index in [1.54, 1.807) is 12.1 Å². The fourth-order valence-corrected chi connectivity index (χ4v) is 1.56. The van der Waals surface area contributed by atoms with E-state index in [1.807, 2.05) is 27.7 Å². The molecule has 0 unspecified atom stereocenters. The van der Waals surface area contributed by atoms with Crippen LogP contribution in [0.4, 0.5) is 4.39 Å². The van der Waals surface area contributed by atoms with Crippen molar-refractivity contribution < 1.29 is 4.39 Å². The molecule has 3 heteroatoms. The van der Waals surface area contributed by atoms with Gasteiger partial charge in [0.2, 0.25) is 0 Å². The number of hydrogen-bond donors (Lipinski definition) is 0. The predicted octanol–water partition coefficient (Wildman–Crippen LogP) is 5.21. The van der Waals surface area contributed by atoms with Crippen LogP contribution in [0, 0.1) is 33.9 Å². The summed E-state index contributed by atoms with van der Waals surface area (Å²) in [6.45, 7) is 14.2. The summed E-state index contributed by atoms with van der Waals surface area (Å²) in [4.78, 5) is 0. The Morgan fingerprint density at radius 3 is 1.55 bits per heavy atom. The molecule has 0 atom stereocenters. The summed E-state index contributed by atoms with van der Waals surface area (Å²) in [6, 6.07) is 6.57. The minimum absolute atomic E-state index is 0.0390. The third-order valence-corrected chi connectivity index (χ3v) is 2.11. The molecule has 0 aliphatic heterocycles. The zero-order valence-corrected chi connectivity index (χ0v) is 13.6.